The van der Waals surface area contributed by atoms with Crippen LogP contribution in [0.2, 0.25) is 0 Å². The van der Waals surface area contributed by atoms with E-state index in [1.165, 1.54) is 17.8 Å². The number of carboxylic acids is 1. The minimum atomic E-state index is -4.55. The van der Waals surface area contributed by atoms with Crippen LogP contribution in [0.25, 0.3) is 0 Å². The lowest BCUT2D eigenvalue weighted by atomic mass is 10.1. The summed E-state index contributed by atoms with van der Waals surface area (Å²) < 4.78 is 37.8. The second-order valence-electron chi connectivity index (χ2n) is 4.29. The number of alkyl halides is 3. The fraction of sp³-hybridized carbons (Fsp3) is 0.133. The molecule has 0 heterocycles. The van der Waals surface area contributed by atoms with Gasteiger partial charge in [0.05, 0.1) is 11.1 Å². The third-order valence-electron chi connectivity index (χ3n) is 2.77. The van der Waals surface area contributed by atoms with Crippen LogP contribution in [0.5, 0.6) is 0 Å². The summed E-state index contributed by atoms with van der Waals surface area (Å²) in [7, 11) is 0. The smallest absolute Gasteiger partial charge is 0.416 e. The maximum Gasteiger partial charge on any atom is 0.416 e. The van der Waals surface area contributed by atoms with E-state index < -0.39 is 17.7 Å². The highest BCUT2D eigenvalue weighted by molar-refractivity contribution is 7.98. The molecule has 22 heavy (non-hydrogen) atoms. The Labute approximate surface area is 129 Å². The Morgan fingerprint density at radius 1 is 1.09 bits per heavy atom. The molecule has 0 saturated heterocycles. The van der Waals surface area contributed by atoms with Crippen molar-refractivity contribution in [3.63, 3.8) is 0 Å². The van der Waals surface area contributed by atoms with Gasteiger partial charge in [-0.05, 0) is 23.8 Å². The minimum Gasteiger partial charge on any atom is -0.478 e. The van der Waals surface area contributed by atoms with Crippen molar-refractivity contribution in [2.45, 2.75) is 16.8 Å². The zero-order valence-corrected chi connectivity index (χ0v) is 12.2. The van der Waals surface area contributed by atoms with Crippen molar-refractivity contribution in [1.82, 2.24) is 6.15 Å². The van der Waals surface area contributed by atoms with Crippen molar-refractivity contribution in [3.05, 3.63) is 65.2 Å². The number of hydrogen-bond donors (Lipinski definition) is 2. The third kappa shape index (κ3) is 4.51. The molecule has 0 amide bonds. The van der Waals surface area contributed by atoms with Crippen molar-refractivity contribution in [1.29, 1.82) is 0 Å². The second kappa shape index (κ2) is 7.33. The molecule has 2 aromatic carbocycles. The number of carboxylic acid groups (broad SMARTS) is 1. The molecule has 118 valence electrons. The predicted molar refractivity (Wildman–Crippen MR) is 79.4 cm³/mol. The van der Waals surface area contributed by atoms with Crippen molar-refractivity contribution >= 4 is 17.7 Å². The van der Waals surface area contributed by atoms with Crippen LogP contribution in [-0.2, 0) is 11.9 Å². The van der Waals surface area contributed by atoms with E-state index in [9.17, 15) is 18.0 Å². The van der Waals surface area contributed by atoms with Gasteiger partial charge in [-0.1, -0.05) is 30.3 Å². The van der Waals surface area contributed by atoms with Crippen LogP contribution in [0.15, 0.2) is 53.4 Å². The molecule has 0 radical (unpaired) electrons. The van der Waals surface area contributed by atoms with Crippen molar-refractivity contribution in [2.24, 2.45) is 0 Å². The average Bonchev–Trinajstić information content (AvgIpc) is 2.45. The van der Waals surface area contributed by atoms with Crippen molar-refractivity contribution in [2.75, 3.05) is 0 Å². The van der Waals surface area contributed by atoms with Crippen molar-refractivity contribution in [3.8, 4) is 0 Å². The molecule has 4 N–H and O–H groups in total. The van der Waals surface area contributed by atoms with Crippen LogP contribution in [0.4, 0.5) is 13.2 Å². The molecule has 0 aliphatic heterocycles. The summed E-state index contributed by atoms with van der Waals surface area (Å²) in [6.45, 7) is 0. The molecule has 0 aliphatic rings. The molecule has 0 aromatic heterocycles. The van der Waals surface area contributed by atoms with Gasteiger partial charge in [0, 0.05) is 10.6 Å². The number of halogens is 3. The number of carbonyl (C=O) groups is 1. The Balaban J connectivity index is 0.00000242. The van der Waals surface area contributed by atoms with E-state index >= 15 is 0 Å². The molecule has 3 nitrogen and oxygen atoms in total. The minimum absolute atomic E-state index is 0. The van der Waals surface area contributed by atoms with E-state index in [2.05, 4.69) is 0 Å². The Kier molecular flexibility index (Phi) is 6.01. The van der Waals surface area contributed by atoms with Crippen LogP contribution in [-0.4, -0.2) is 11.1 Å². The van der Waals surface area contributed by atoms with Gasteiger partial charge in [0.25, 0.3) is 0 Å². The van der Waals surface area contributed by atoms with Gasteiger partial charge in [-0.15, -0.1) is 11.8 Å². The second-order valence-corrected chi connectivity index (χ2v) is 5.31. The predicted octanol–water partition coefficient (Wildman–Crippen LogP) is 4.86. The van der Waals surface area contributed by atoms with E-state index in [1.54, 1.807) is 0 Å². The zero-order chi connectivity index (χ0) is 15.5. The molecule has 0 unspecified atom stereocenters. The first-order valence-electron chi connectivity index (χ1n) is 5.99. The summed E-state index contributed by atoms with van der Waals surface area (Å²) in [6.07, 6.45) is -4.55. The van der Waals surface area contributed by atoms with E-state index in [0.717, 1.165) is 11.6 Å². The van der Waals surface area contributed by atoms with E-state index in [4.69, 9.17) is 5.11 Å². The van der Waals surface area contributed by atoms with Gasteiger partial charge in [0.2, 0.25) is 0 Å². The number of benzene rings is 2. The van der Waals surface area contributed by atoms with Gasteiger partial charge in [0.15, 0.2) is 0 Å². The molecule has 0 fully saturated rings. The van der Waals surface area contributed by atoms with E-state index in [0.29, 0.717) is 16.7 Å². The molecule has 0 atom stereocenters. The summed E-state index contributed by atoms with van der Waals surface area (Å²) in [5, 5.41) is 9.07. The fourth-order valence-electron chi connectivity index (χ4n) is 1.73. The van der Waals surface area contributed by atoms with Crippen LogP contribution in [0.1, 0.15) is 21.5 Å². The molecular weight excluding hydrogens is 315 g/mol. The molecular formula is C15H14F3NO2S. The lowest BCUT2D eigenvalue weighted by molar-refractivity contribution is -0.137. The van der Waals surface area contributed by atoms with Crippen LogP contribution < -0.4 is 6.15 Å². The summed E-state index contributed by atoms with van der Waals surface area (Å²) in [5.74, 6) is -0.872. The quantitative estimate of drug-likeness (QED) is 0.786. The zero-order valence-electron chi connectivity index (χ0n) is 11.4. The SMILES string of the molecule is N.O=C(O)c1cc(C(F)(F)F)ccc1SCc1ccccc1. The van der Waals surface area contributed by atoms with Crippen LogP contribution in [0, 0.1) is 0 Å². The molecule has 2 aromatic rings. The lowest BCUT2D eigenvalue weighted by Gasteiger charge is -2.11. The summed E-state index contributed by atoms with van der Waals surface area (Å²) in [5.41, 5.74) is -0.312. The van der Waals surface area contributed by atoms with Crippen LogP contribution >= 0.6 is 11.8 Å². The lowest BCUT2D eigenvalue weighted by Crippen LogP contribution is -2.08. The molecule has 7 heteroatoms. The molecule has 0 aliphatic carbocycles. The van der Waals surface area contributed by atoms with E-state index in [1.807, 2.05) is 30.3 Å². The maximum atomic E-state index is 12.6. The number of thioether (sulfide) groups is 1. The van der Waals surface area contributed by atoms with Crippen LogP contribution in [0.3, 0.4) is 0 Å². The summed E-state index contributed by atoms with van der Waals surface area (Å²) in [6, 6.07) is 12.1. The maximum absolute atomic E-state index is 12.6. The van der Waals surface area contributed by atoms with Crippen molar-refractivity contribution < 1.29 is 23.1 Å². The normalized spacial score (nSPS) is 10.9. The molecule has 2 rings (SSSR count). The van der Waals surface area contributed by atoms with Gasteiger partial charge in [-0.25, -0.2) is 4.79 Å². The largest absolute Gasteiger partial charge is 0.478 e. The Hall–Kier alpha value is -1.99. The topological polar surface area (TPSA) is 72.3 Å². The Bertz CT molecular complexity index is 645. The highest BCUT2D eigenvalue weighted by Gasteiger charge is 2.31. The standard InChI is InChI=1S/C15H11F3O2S.H3N/c16-15(17,18)11-6-7-13(12(8-11)14(19)20)21-9-10-4-2-1-3-5-10;/h1-8H,9H2,(H,19,20);1H3. The van der Waals surface area contributed by atoms with Gasteiger partial charge in [-0.3, -0.25) is 0 Å². The first kappa shape index (κ1) is 18.1. The molecule has 0 bridgehead atoms. The highest BCUT2D eigenvalue weighted by Crippen LogP contribution is 2.34. The summed E-state index contributed by atoms with van der Waals surface area (Å²) >= 11 is 1.20. The van der Waals surface area contributed by atoms with Gasteiger partial charge in [0.1, 0.15) is 0 Å². The average molecular weight is 329 g/mol. The Morgan fingerprint density at radius 3 is 2.27 bits per heavy atom. The van der Waals surface area contributed by atoms with Gasteiger partial charge in [-0.2, -0.15) is 13.2 Å². The molecule has 0 spiro atoms. The number of aromatic carboxylic acids is 1. The molecule has 0 saturated carbocycles. The van der Waals surface area contributed by atoms with E-state index in [-0.39, 0.29) is 11.7 Å². The summed E-state index contributed by atoms with van der Waals surface area (Å²) in [4.78, 5) is 11.5. The third-order valence-corrected chi connectivity index (χ3v) is 3.92. The first-order chi connectivity index (χ1) is 9.88. The van der Waals surface area contributed by atoms with Gasteiger partial charge < -0.3 is 11.3 Å². The number of rotatable bonds is 4. The number of hydrogen-bond acceptors (Lipinski definition) is 3. The highest BCUT2D eigenvalue weighted by atomic mass is 32.2. The van der Waals surface area contributed by atoms with Gasteiger partial charge >= 0.3 is 12.1 Å². The Morgan fingerprint density at radius 2 is 1.73 bits per heavy atom. The fourth-order valence-corrected chi connectivity index (χ4v) is 2.72. The first-order valence-corrected chi connectivity index (χ1v) is 6.98. The monoisotopic (exact) mass is 329 g/mol.